The number of hydrogen-bond acceptors (Lipinski definition) is 3. The van der Waals surface area contributed by atoms with Crippen LogP contribution in [0, 0.1) is 6.92 Å². The van der Waals surface area contributed by atoms with Crippen molar-refractivity contribution in [1.82, 2.24) is 0 Å². The fourth-order valence-corrected chi connectivity index (χ4v) is 2.15. The van der Waals surface area contributed by atoms with Gasteiger partial charge < -0.3 is 14.8 Å². The molecule has 21 heavy (non-hydrogen) atoms. The molecule has 1 N–H and O–H groups in total. The normalized spacial score (nSPS) is 10.0. The van der Waals surface area contributed by atoms with Gasteiger partial charge in [0.05, 0.1) is 20.6 Å². The summed E-state index contributed by atoms with van der Waals surface area (Å²) >= 11 is 0. The first-order chi connectivity index (χ1) is 10.1. The summed E-state index contributed by atoms with van der Waals surface area (Å²) in [5, 5.41) is 2.86. The topological polar surface area (TPSA) is 47.6 Å². The van der Waals surface area contributed by atoms with Crippen molar-refractivity contribution in [3.63, 3.8) is 0 Å². The van der Waals surface area contributed by atoms with Gasteiger partial charge in [0.25, 0.3) is 0 Å². The van der Waals surface area contributed by atoms with Crippen molar-refractivity contribution in [2.24, 2.45) is 0 Å². The van der Waals surface area contributed by atoms with E-state index in [4.69, 9.17) is 9.47 Å². The number of rotatable bonds is 5. The summed E-state index contributed by atoms with van der Waals surface area (Å²) in [6.07, 6.45) is 0.231. The fraction of sp³-hybridized carbons (Fsp3) is 0.235. The van der Waals surface area contributed by atoms with Crippen LogP contribution in [0.25, 0.3) is 0 Å². The summed E-state index contributed by atoms with van der Waals surface area (Å²) in [6, 6.07) is 13.1. The number of anilines is 1. The number of aryl methyl sites for hydroxylation is 1. The maximum atomic E-state index is 12.1. The second-order valence-electron chi connectivity index (χ2n) is 4.72. The lowest BCUT2D eigenvalue weighted by atomic mass is 10.1. The quantitative estimate of drug-likeness (QED) is 0.917. The Labute approximate surface area is 124 Å². The molecule has 0 radical (unpaired) electrons. The zero-order chi connectivity index (χ0) is 15.2. The minimum absolute atomic E-state index is 0.0922. The van der Waals surface area contributed by atoms with Gasteiger partial charge in [0.15, 0.2) is 0 Å². The van der Waals surface area contributed by atoms with Crippen LogP contribution in [0.3, 0.4) is 0 Å². The largest absolute Gasteiger partial charge is 0.496 e. The molecule has 0 aliphatic heterocycles. The summed E-state index contributed by atoms with van der Waals surface area (Å²) in [5.41, 5.74) is 2.55. The first-order valence-corrected chi connectivity index (χ1v) is 6.70. The molecule has 0 saturated heterocycles. The molecule has 2 rings (SSSR count). The third kappa shape index (κ3) is 3.75. The summed E-state index contributed by atoms with van der Waals surface area (Å²) in [6.45, 7) is 1.94. The Hall–Kier alpha value is -2.49. The van der Waals surface area contributed by atoms with Gasteiger partial charge in [-0.15, -0.1) is 0 Å². The molecule has 0 saturated carbocycles. The minimum atomic E-state index is -0.0922. The number of amides is 1. The van der Waals surface area contributed by atoms with Crippen molar-refractivity contribution in [1.29, 1.82) is 0 Å². The number of carbonyl (C=O) groups is 1. The van der Waals surface area contributed by atoms with Gasteiger partial charge in [-0.25, -0.2) is 0 Å². The van der Waals surface area contributed by atoms with Gasteiger partial charge in [-0.3, -0.25) is 4.79 Å². The van der Waals surface area contributed by atoms with E-state index in [0.29, 0.717) is 5.75 Å². The lowest BCUT2D eigenvalue weighted by Gasteiger charge is -2.13. The molecule has 0 unspecified atom stereocenters. The lowest BCUT2D eigenvalue weighted by molar-refractivity contribution is -0.115. The Morgan fingerprint density at radius 3 is 2.33 bits per heavy atom. The van der Waals surface area contributed by atoms with Crippen molar-refractivity contribution in [2.45, 2.75) is 13.3 Å². The monoisotopic (exact) mass is 285 g/mol. The third-order valence-electron chi connectivity index (χ3n) is 3.21. The van der Waals surface area contributed by atoms with Crippen molar-refractivity contribution in [3.8, 4) is 11.5 Å². The number of hydrogen-bond donors (Lipinski definition) is 1. The van der Waals surface area contributed by atoms with Gasteiger partial charge in [-0.1, -0.05) is 18.2 Å². The summed E-state index contributed by atoms with van der Waals surface area (Å²) in [7, 11) is 3.21. The van der Waals surface area contributed by atoms with Gasteiger partial charge in [0.2, 0.25) is 5.91 Å². The maximum absolute atomic E-state index is 12.1. The van der Waals surface area contributed by atoms with Gasteiger partial charge in [-0.05, 0) is 36.8 Å². The highest BCUT2D eigenvalue weighted by Gasteiger charge is 2.12. The standard InChI is InChI=1S/C17H19NO3/c1-12-9-16(21-3)13(10-15(12)20-2)11-17(19)18-14-7-5-4-6-8-14/h4-10H,11H2,1-3H3,(H,18,19). The van der Waals surface area contributed by atoms with Crippen LogP contribution in [-0.4, -0.2) is 20.1 Å². The molecule has 0 atom stereocenters. The molecular weight excluding hydrogens is 266 g/mol. The smallest absolute Gasteiger partial charge is 0.228 e. The van der Waals surface area contributed by atoms with Gasteiger partial charge in [0.1, 0.15) is 11.5 Å². The second-order valence-corrected chi connectivity index (χ2v) is 4.72. The Morgan fingerprint density at radius 1 is 1.05 bits per heavy atom. The molecule has 0 bridgehead atoms. The molecule has 0 aromatic heterocycles. The molecule has 4 heteroatoms. The number of para-hydroxylation sites is 1. The molecular formula is C17H19NO3. The molecule has 0 heterocycles. The van der Waals surface area contributed by atoms with E-state index >= 15 is 0 Å². The number of nitrogens with one attached hydrogen (secondary N) is 1. The predicted molar refractivity (Wildman–Crippen MR) is 83.1 cm³/mol. The van der Waals surface area contributed by atoms with Crippen LogP contribution >= 0.6 is 0 Å². The van der Waals surface area contributed by atoms with Crippen molar-refractivity contribution in [3.05, 3.63) is 53.6 Å². The number of carbonyl (C=O) groups excluding carboxylic acids is 1. The second kappa shape index (κ2) is 6.79. The van der Waals surface area contributed by atoms with Crippen LogP contribution in [0.15, 0.2) is 42.5 Å². The van der Waals surface area contributed by atoms with E-state index in [1.807, 2.05) is 49.4 Å². The number of benzene rings is 2. The first kappa shape index (κ1) is 14.9. The lowest BCUT2D eigenvalue weighted by Crippen LogP contribution is -2.15. The van der Waals surface area contributed by atoms with E-state index in [2.05, 4.69) is 5.32 Å². The number of ether oxygens (including phenoxy) is 2. The highest BCUT2D eigenvalue weighted by molar-refractivity contribution is 5.92. The molecule has 0 aliphatic carbocycles. The van der Waals surface area contributed by atoms with Crippen LogP contribution < -0.4 is 14.8 Å². The summed E-state index contributed by atoms with van der Waals surface area (Å²) < 4.78 is 10.6. The van der Waals surface area contributed by atoms with Crippen LogP contribution in [0.4, 0.5) is 5.69 Å². The van der Waals surface area contributed by atoms with E-state index in [0.717, 1.165) is 22.6 Å². The zero-order valence-corrected chi connectivity index (χ0v) is 12.5. The van der Waals surface area contributed by atoms with Crippen molar-refractivity contribution >= 4 is 11.6 Å². The maximum Gasteiger partial charge on any atom is 0.228 e. The van der Waals surface area contributed by atoms with E-state index < -0.39 is 0 Å². The predicted octanol–water partition coefficient (Wildman–Crippen LogP) is 3.19. The molecule has 0 aliphatic rings. The van der Waals surface area contributed by atoms with Crippen molar-refractivity contribution in [2.75, 3.05) is 19.5 Å². The molecule has 0 fully saturated rings. The highest BCUT2D eigenvalue weighted by atomic mass is 16.5. The first-order valence-electron chi connectivity index (χ1n) is 6.70. The van der Waals surface area contributed by atoms with Crippen LogP contribution in [0.5, 0.6) is 11.5 Å². The average molecular weight is 285 g/mol. The zero-order valence-electron chi connectivity index (χ0n) is 12.5. The van der Waals surface area contributed by atoms with Crippen LogP contribution in [0.2, 0.25) is 0 Å². The summed E-state index contributed by atoms with van der Waals surface area (Å²) in [5.74, 6) is 1.35. The van der Waals surface area contributed by atoms with E-state index in [9.17, 15) is 4.79 Å². The molecule has 0 spiro atoms. The Morgan fingerprint density at radius 2 is 1.71 bits per heavy atom. The fourth-order valence-electron chi connectivity index (χ4n) is 2.15. The summed E-state index contributed by atoms with van der Waals surface area (Å²) in [4.78, 5) is 12.1. The van der Waals surface area contributed by atoms with Crippen LogP contribution in [-0.2, 0) is 11.2 Å². The Balaban J connectivity index is 2.16. The Bertz CT molecular complexity index is 623. The Kier molecular flexibility index (Phi) is 4.82. The molecule has 2 aromatic rings. The van der Waals surface area contributed by atoms with E-state index in [-0.39, 0.29) is 12.3 Å². The third-order valence-corrected chi connectivity index (χ3v) is 3.21. The van der Waals surface area contributed by atoms with Gasteiger partial charge in [0, 0.05) is 11.3 Å². The molecule has 110 valence electrons. The average Bonchev–Trinajstić information content (AvgIpc) is 2.49. The molecule has 1 amide bonds. The van der Waals surface area contributed by atoms with Crippen molar-refractivity contribution < 1.29 is 14.3 Å². The van der Waals surface area contributed by atoms with E-state index in [1.165, 1.54) is 0 Å². The van der Waals surface area contributed by atoms with Gasteiger partial charge >= 0.3 is 0 Å². The SMILES string of the molecule is COc1cc(CC(=O)Nc2ccccc2)c(OC)cc1C. The van der Waals surface area contributed by atoms with E-state index in [1.54, 1.807) is 14.2 Å². The molecule has 2 aromatic carbocycles. The highest BCUT2D eigenvalue weighted by Crippen LogP contribution is 2.28. The van der Waals surface area contributed by atoms with Gasteiger partial charge in [-0.2, -0.15) is 0 Å². The number of methoxy groups -OCH3 is 2. The minimum Gasteiger partial charge on any atom is -0.496 e. The molecule has 4 nitrogen and oxygen atoms in total. The van der Waals surface area contributed by atoms with Crippen LogP contribution in [0.1, 0.15) is 11.1 Å².